The van der Waals surface area contributed by atoms with Gasteiger partial charge >= 0.3 is 11.9 Å². The number of carbonyl (C=O) groups is 5. The smallest absolute Gasteiger partial charge is 0.439 e. The first-order valence-electron chi connectivity index (χ1n) is 10.5. The van der Waals surface area contributed by atoms with Crippen LogP contribution in [0.1, 0.15) is 40.8 Å². The van der Waals surface area contributed by atoms with Crippen LogP contribution in [0.5, 0.6) is 0 Å². The summed E-state index contributed by atoms with van der Waals surface area (Å²) in [5, 5.41) is 34.1. The lowest BCUT2D eigenvalue weighted by Gasteiger charge is -2.47. The Morgan fingerprint density at radius 1 is 1.14 bits per heavy atom. The molecule has 1 saturated heterocycles. The Hall–Kier alpha value is -4.22. The number of rotatable bonds is 8. The van der Waals surface area contributed by atoms with Gasteiger partial charge in [-0.15, -0.1) is 0 Å². The molecule has 0 spiro atoms. The van der Waals surface area contributed by atoms with Crippen LogP contribution in [-0.4, -0.2) is 86.7 Å². The number of hydrogen-bond acceptors (Lipinski definition) is 15. The highest BCUT2D eigenvalue weighted by Crippen LogP contribution is 2.53. The van der Waals surface area contributed by atoms with Crippen LogP contribution in [0.4, 0.5) is 11.8 Å². The van der Waals surface area contributed by atoms with Crippen molar-refractivity contribution >= 4 is 52.0 Å². The van der Waals surface area contributed by atoms with Crippen molar-refractivity contribution in [3.05, 3.63) is 16.4 Å². The third-order valence-corrected chi connectivity index (χ3v) is 6.22. The van der Waals surface area contributed by atoms with Crippen molar-refractivity contribution in [3.8, 4) is 0 Å². The first-order valence-corrected chi connectivity index (χ1v) is 10.5. The van der Waals surface area contributed by atoms with Crippen LogP contribution in [0.2, 0.25) is 0 Å². The largest absolute Gasteiger partial charge is 0.473 e. The minimum atomic E-state index is -3.38. The Labute approximate surface area is 206 Å². The third kappa shape index (κ3) is 3.42. The maximum Gasteiger partial charge on any atom is 0.473 e. The van der Waals surface area contributed by atoms with Crippen LogP contribution in [-0.2, 0) is 33.4 Å². The molecular weight excluding hydrogens is 500 g/mol. The van der Waals surface area contributed by atoms with Crippen molar-refractivity contribution in [1.82, 2.24) is 19.5 Å². The summed E-state index contributed by atoms with van der Waals surface area (Å²) in [6, 6.07) is 0. The molecule has 0 bridgehead atoms. The quantitative estimate of drug-likeness (QED) is 0.151. The Bertz CT molecular complexity index is 1370. The molecule has 37 heavy (non-hydrogen) atoms. The highest BCUT2D eigenvalue weighted by Gasteiger charge is 2.82. The molecule has 3 heterocycles. The summed E-state index contributed by atoms with van der Waals surface area (Å²) in [7, 11) is 0. The summed E-state index contributed by atoms with van der Waals surface area (Å²) in [6.07, 6.45) is -3.61. The molecule has 4 N–H and O–H groups in total. The summed E-state index contributed by atoms with van der Waals surface area (Å²) in [6.45, 7) is 3.78. The summed E-state index contributed by atoms with van der Waals surface area (Å²) in [4.78, 5) is 85.4. The number of nitrogens with zero attached hydrogens (tertiary/aromatic N) is 5. The van der Waals surface area contributed by atoms with Gasteiger partial charge in [-0.3, -0.25) is 28.5 Å². The van der Waals surface area contributed by atoms with Crippen LogP contribution >= 0.6 is 0 Å². The Balaban J connectivity index is 2.46. The Morgan fingerprint density at radius 2 is 1.70 bits per heavy atom. The molecular formula is C20H22N6O11. The van der Waals surface area contributed by atoms with Gasteiger partial charge < -0.3 is 35.5 Å². The zero-order chi connectivity index (χ0) is 28.2. The van der Waals surface area contributed by atoms with Gasteiger partial charge in [0, 0.05) is 6.92 Å². The van der Waals surface area contributed by atoms with E-state index in [1.165, 1.54) is 0 Å². The van der Waals surface area contributed by atoms with Crippen LogP contribution in [0, 0.1) is 10.1 Å². The maximum absolute atomic E-state index is 13.2. The third-order valence-electron chi connectivity index (χ3n) is 6.22. The first kappa shape index (κ1) is 27.4. The predicted octanol–water partition coefficient (Wildman–Crippen LogP) is -1.67. The van der Waals surface area contributed by atoms with Gasteiger partial charge in [0.1, 0.15) is 12.4 Å². The SMILES string of the molecule is CC(=O)OC(C(C)=O)(C(C)=O)[C@@]1(C(C)=O)O[C@@H](n2cnc3c(N)nc([N+](=O)[O-])nc32)[C@H](O)[C@@]1(O)C(C)=O. The highest BCUT2D eigenvalue weighted by atomic mass is 16.6. The molecule has 4 atom stereocenters. The number of nitro groups is 1. The monoisotopic (exact) mass is 522 g/mol. The number of aromatic nitrogens is 4. The summed E-state index contributed by atoms with van der Waals surface area (Å²) in [5.41, 5.74) is -4.88. The van der Waals surface area contributed by atoms with E-state index in [-0.39, 0.29) is 5.52 Å². The lowest BCUT2D eigenvalue weighted by molar-refractivity contribution is -0.394. The number of aliphatic hydroxyl groups excluding tert-OH is 1. The van der Waals surface area contributed by atoms with E-state index >= 15 is 0 Å². The summed E-state index contributed by atoms with van der Waals surface area (Å²) < 4.78 is 11.6. The van der Waals surface area contributed by atoms with Crippen molar-refractivity contribution in [3.63, 3.8) is 0 Å². The molecule has 1 aliphatic rings. The zero-order valence-electron chi connectivity index (χ0n) is 20.1. The van der Waals surface area contributed by atoms with Gasteiger partial charge in [0.25, 0.3) is 5.60 Å². The van der Waals surface area contributed by atoms with Crippen LogP contribution in [0.15, 0.2) is 6.33 Å². The van der Waals surface area contributed by atoms with Gasteiger partial charge in [-0.1, -0.05) is 0 Å². The van der Waals surface area contributed by atoms with Gasteiger partial charge in [0.15, 0.2) is 40.5 Å². The molecule has 17 heteroatoms. The second-order valence-electron chi connectivity index (χ2n) is 8.39. The van der Waals surface area contributed by atoms with Crippen LogP contribution in [0.3, 0.4) is 0 Å². The molecule has 2 aromatic heterocycles. The van der Waals surface area contributed by atoms with Gasteiger partial charge in [-0.2, -0.15) is 0 Å². The van der Waals surface area contributed by atoms with Crippen LogP contribution < -0.4 is 5.73 Å². The first-order chi connectivity index (χ1) is 17.0. The summed E-state index contributed by atoms with van der Waals surface area (Å²) in [5.74, 6) is -8.01. The molecule has 17 nitrogen and oxygen atoms in total. The molecule has 0 radical (unpaired) electrons. The molecule has 0 aliphatic carbocycles. The van der Waals surface area contributed by atoms with Gasteiger partial charge in [-0.25, -0.2) is 4.98 Å². The fourth-order valence-corrected chi connectivity index (χ4v) is 4.73. The average molecular weight is 522 g/mol. The Morgan fingerprint density at radius 3 is 2.14 bits per heavy atom. The number of carbonyl (C=O) groups excluding carboxylic acids is 5. The van der Waals surface area contributed by atoms with E-state index in [1.54, 1.807) is 0 Å². The number of Topliss-reactive ketones (excluding diaryl/α,β-unsaturated/α-hetero) is 4. The number of hydrogen-bond donors (Lipinski definition) is 3. The van der Waals surface area contributed by atoms with Crippen LogP contribution in [0.25, 0.3) is 11.2 Å². The van der Waals surface area contributed by atoms with Gasteiger partial charge in [0.05, 0.1) is 0 Å². The maximum atomic E-state index is 13.2. The average Bonchev–Trinajstić information content (AvgIpc) is 3.30. The number of aliphatic hydroxyl groups is 2. The number of anilines is 1. The zero-order valence-corrected chi connectivity index (χ0v) is 20.1. The normalized spacial score (nSPS) is 25.6. The lowest BCUT2D eigenvalue weighted by Crippen LogP contribution is -2.79. The molecule has 2 aromatic rings. The molecule has 198 valence electrons. The topological polar surface area (TPSA) is 257 Å². The standard InChI is InChI=1S/C20H22N6O11/c1-7(27)18(33)13(32)16(25-6-22-12-14(21)23-17(26(34)35)24-15(12)25)37-20(18,10(4)30)19(8(2)28,9(3)29)36-11(5)31/h6,13,16,32-33H,1-5H3,(H2,21,23,24)/t13-,16+,18-,20-/m0/s1. The van der Waals surface area contributed by atoms with Gasteiger partial charge in [-0.05, 0) is 42.6 Å². The minimum Gasteiger partial charge on any atom is -0.439 e. The van der Waals surface area contributed by atoms with Crippen molar-refractivity contribution in [2.24, 2.45) is 0 Å². The number of nitrogens with two attached hydrogens (primary N) is 1. The molecule has 0 aromatic carbocycles. The fraction of sp³-hybridized carbons (Fsp3) is 0.500. The van der Waals surface area contributed by atoms with E-state index in [9.17, 15) is 44.3 Å². The fourth-order valence-electron chi connectivity index (χ4n) is 4.73. The van der Waals surface area contributed by atoms with Crippen molar-refractivity contribution in [2.45, 2.75) is 63.8 Å². The number of ketones is 4. The predicted molar refractivity (Wildman–Crippen MR) is 117 cm³/mol. The molecule has 1 aliphatic heterocycles. The number of imidazole rings is 1. The number of nitrogen functional groups attached to an aromatic ring is 1. The van der Waals surface area contributed by atoms with Crippen molar-refractivity contribution in [1.29, 1.82) is 0 Å². The molecule has 1 fully saturated rings. The molecule has 0 amide bonds. The van der Waals surface area contributed by atoms with E-state index in [0.717, 1.165) is 45.5 Å². The number of fused-ring (bicyclic) bond motifs is 1. The molecule has 0 unspecified atom stereocenters. The van der Waals surface area contributed by atoms with Crippen molar-refractivity contribution in [2.75, 3.05) is 5.73 Å². The van der Waals surface area contributed by atoms with E-state index in [0.29, 0.717) is 0 Å². The minimum absolute atomic E-state index is 0.225. The molecule has 0 saturated carbocycles. The molecule has 3 rings (SSSR count). The number of ether oxygens (including phenoxy) is 2. The van der Waals surface area contributed by atoms with Crippen molar-refractivity contribution < 1.29 is 48.6 Å². The van der Waals surface area contributed by atoms with E-state index in [2.05, 4.69) is 15.0 Å². The summed E-state index contributed by atoms with van der Waals surface area (Å²) >= 11 is 0. The lowest BCUT2D eigenvalue weighted by atomic mass is 9.63. The highest BCUT2D eigenvalue weighted by molar-refractivity contribution is 6.18. The van der Waals surface area contributed by atoms with E-state index in [1.807, 2.05) is 0 Å². The number of esters is 1. The second-order valence-corrected chi connectivity index (χ2v) is 8.39. The van der Waals surface area contributed by atoms with E-state index in [4.69, 9.17) is 15.2 Å². The Kier molecular flexibility index (Phi) is 6.45. The second kappa shape index (κ2) is 8.71. The van der Waals surface area contributed by atoms with Gasteiger partial charge in [0.2, 0.25) is 17.1 Å². The van der Waals surface area contributed by atoms with E-state index < -0.39 is 80.6 Å².